The van der Waals surface area contributed by atoms with Gasteiger partial charge in [-0.25, -0.2) is 0 Å². The Morgan fingerprint density at radius 3 is 2.83 bits per heavy atom. The third-order valence-corrected chi connectivity index (χ3v) is 5.81. The van der Waals surface area contributed by atoms with Crippen molar-refractivity contribution >= 4 is 5.96 Å². The number of aromatic nitrogens is 3. The van der Waals surface area contributed by atoms with Gasteiger partial charge in [0.25, 0.3) is 0 Å². The maximum absolute atomic E-state index is 4.38. The lowest BCUT2D eigenvalue weighted by Gasteiger charge is -2.41. The maximum atomic E-state index is 4.38. The normalized spacial score (nSPS) is 23.1. The first kappa shape index (κ1) is 16.3. The summed E-state index contributed by atoms with van der Waals surface area (Å²) in [6, 6.07) is 0. The van der Waals surface area contributed by atoms with Crippen LogP contribution in [0.4, 0.5) is 0 Å². The van der Waals surface area contributed by atoms with Crippen molar-refractivity contribution in [3.05, 3.63) is 11.6 Å². The largest absolute Gasteiger partial charge is 0.356 e. The standard InChI is InChI=1S/C17H30N6/c1-4-17(8-5-9-17)12-20-16(18-3)19-10-14-6-7-15-22-21-13(2)23(15)11-14/h14H,4-12H2,1-3H3,(H2,18,19,20). The number of rotatable bonds is 5. The topological polar surface area (TPSA) is 67.1 Å². The van der Waals surface area contributed by atoms with E-state index in [9.17, 15) is 0 Å². The summed E-state index contributed by atoms with van der Waals surface area (Å²) in [5.41, 5.74) is 0.511. The monoisotopic (exact) mass is 318 g/mol. The molecule has 1 aromatic heterocycles. The zero-order valence-electron chi connectivity index (χ0n) is 14.7. The second-order valence-electron chi connectivity index (χ2n) is 7.19. The van der Waals surface area contributed by atoms with E-state index in [0.717, 1.165) is 43.7 Å². The Labute approximate surface area is 139 Å². The number of nitrogens with zero attached hydrogens (tertiary/aromatic N) is 4. The first-order valence-electron chi connectivity index (χ1n) is 8.99. The van der Waals surface area contributed by atoms with Gasteiger partial charge in [-0.2, -0.15) is 0 Å². The fraction of sp³-hybridized carbons (Fsp3) is 0.824. The second-order valence-corrected chi connectivity index (χ2v) is 7.19. The quantitative estimate of drug-likeness (QED) is 0.643. The molecule has 23 heavy (non-hydrogen) atoms. The van der Waals surface area contributed by atoms with Crippen LogP contribution < -0.4 is 10.6 Å². The molecule has 1 unspecified atom stereocenters. The molecule has 0 amide bonds. The van der Waals surface area contributed by atoms with Crippen LogP contribution in [-0.2, 0) is 13.0 Å². The highest BCUT2D eigenvalue weighted by atomic mass is 15.3. The van der Waals surface area contributed by atoms with E-state index in [0.29, 0.717) is 11.3 Å². The minimum Gasteiger partial charge on any atom is -0.356 e. The van der Waals surface area contributed by atoms with Gasteiger partial charge >= 0.3 is 0 Å². The Bertz CT molecular complexity index is 552. The van der Waals surface area contributed by atoms with Crippen LogP contribution in [0, 0.1) is 18.3 Å². The summed E-state index contributed by atoms with van der Waals surface area (Å²) in [4.78, 5) is 4.38. The molecule has 2 N–H and O–H groups in total. The summed E-state index contributed by atoms with van der Waals surface area (Å²) in [6.45, 7) is 7.35. The zero-order chi connectivity index (χ0) is 16.3. The van der Waals surface area contributed by atoms with Gasteiger partial charge in [0, 0.05) is 33.1 Å². The molecule has 6 heteroatoms. The van der Waals surface area contributed by atoms with E-state index in [2.05, 4.69) is 37.3 Å². The van der Waals surface area contributed by atoms with Crippen molar-refractivity contribution in [3.63, 3.8) is 0 Å². The first-order chi connectivity index (χ1) is 11.2. The van der Waals surface area contributed by atoms with Gasteiger partial charge in [0.1, 0.15) is 11.6 Å². The van der Waals surface area contributed by atoms with Crippen LogP contribution in [-0.4, -0.2) is 40.9 Å². The Morgan fingerprint density at radius 1 is 1.35 bits per heavy atom. The molecule has 0 saturated heterocycles. The SMILES string of the molecule is CCC1(CNC(=NC)NCC2CCc3nnc(C)n3C2)CCC1. The second kappa shape index (κ2) is 6.89. The number of hydrogen-bond acceptors (Lipinski definition) is 3. The number of nitrogens with one attached hydrogen (secondary N) is 2. The molecule has 0 spiro atoms. The summed E-state index contributed by atoms with van der Waals surface area (Å²) in [5.74, 6) is 3.72. The van der Waals surface area contributed by atoms with Gasteiger partial charge in [0.2, 0.25) is 0 Å². The fourth-order valence-electron chi connectivity index (χ4n) is 3.76. The highest BCUT2D eigenvalue weighted by molar-refractivity contribution is 5.79. The van der Waals surface area contributed by atoms with Gasteiger partial charge in [0.05, 0.1) is 0 Å². The third kappa shape index (κ3) is 3.51. The lowest BCUT2D eigenvalue weighted by atomic mass is 9.67. The summed E-state index contributed by atoms with van der Waals surface area (Å²) in [6.07, 6.45) is 7.54. The van der Waals surface area contributed by atoms with Crippen LogP contribution in [0.25, 0.3) is 0 Å². The lowest BCUT2D eigenvalue weighted by Crippen LogP contribution is -2.47. The van der Waals surface area contributed by atoms with Gasteiger partial charge in [-0.3, -0.25) is 4.99 Å². The van der Waals surface area contributed by atoms with Crippen LogP contribution in [0.15, 0.2) is 4.99 Å². The Balaban J connectivity index is 1.46. The van der Waals surface area contributed by atoms with Gasteiger partial charge in [-0.05, 0) is 43.9 Å². The first-order valence-corrected chi connectivity index (χ1v) is 8.99. The van der Waals surface area contributed by atoms with E-state index in [1.807, 2.05) is 14.0 Å². The molecule has 1 aromatic rings. The van der Waals surface area contributed by atoms with Gasteiger partial charge in [-0.1, -0.05) is 13.3 Å². The van der Waals surface area contributed by atoms with Crippen LogP contribution in [0.3, 0.4) is 0 Å². The molecule has 1 aliphatic carbocycles. The van der Waals surface area contributed by atoms with Crippen molar-refractivity contribution in [3.8, 4) is 0 Å². The summed E-state index contributed by atoms with van der Waals surface area (Å²) in [5, 5.41) is 15.5. The predicted octanol–water partition coefficient (Wildman–Crippen LogP) is 1.89. The van der Waals surface area contributed by atoms with Crippen LogP contribution in [0.2, 0.25) is 0 Å². The van der Waals surface area contributed by atoms with Crippen LogP contribution in [0.1, 0.15) is 50.7 Å². The Morgan fingerprint density at radius 2 is 2.17 bits per heavy atom. The molecule has 6 nitrogen and oxygen atoms in total. The molecule has 0 radical (unpaired) electrons. The predicted molar refractivity (Wildman–Crippen MR) is 92.5 cm³/mol. The number of aryl methyl sites for hydroxylation is 2. The van der Waals surface area contributed by atoms with Gasteiger partial charge < -0.3 is 15.2 Å². The van der Waals surface area contributed by atoms with Crippen molar-refractivity contribution in [1.82, 2.24) is 25.4 Å². The molecule has 2 aliphatic rings. The van der Waals surface area contributed by atoms with E-state index in [-0.39, 0.29) is 0 Å². The number of fused-ring (bicyclic) bond motifs is 1. The van der Waals surface area contributed by atoms with Crippen LogP contribution >= 0.6 is 0 Å². The number of guanidine groups is 1. The van der Waals surface area contributed by atoms with E-state index >= 15 is 0 Å². The Hall–Kier alpha value is -1.59. The summed E-state index contributed by atoms with van der Waals surface area (Å²) in [7, 11) is 1.86. The van der Waals surface area contributed by atoms with Crippen molar-refractivity contribution < 1.29 is 0 Å². The molecule has 1 fully saturated rings. The molecule has 3 rings (SSSR count). The molecule has 1 aliphatic heterocycles. The van der Waals surface area contributed by atoms with Gasteiger partial charge in [-0.15, -0.1) is 10.2 Å². The summed E-state index contributed by atoms with van der Waals surface area (Å²) < 4.78 is 2.26. The van der Waals surface area contributed by atoms with Crippen molar-refractivity contribution in [2.75, 3.05) is 20.1 Å². The van der Waals surface area contributed by atoms with E-state index < -0.39 is 0 Å². The van der Waals surface area contributed by atoms with Crippen molar-refractivity contribution in [2.24, 2.45) is 16.3 Å². The zero-order valence-corrected chi connectivity index (χ0v) is 14.7. The maximum Gasteiger partial charge on any atom is 0.191 e. The highest BCUT2D eigenvalue weighted by Crippen LogP contribution is 2.42. The minimum atomic E-state index is 0.511. The smallest absolute Gasteiger partial charge is 0.191 e. The average molecular weight is 318 g/mol. The molecule has 0 aromatic carbocycles. The van der Waals surface area contributed by atoms with Crippen molar-refractivity contribution in [1.29, 1.82) is 0 Å². The van der Waals surface area contributed by atoms with E-state index in [4.69, 9.17) is 0 Å². The van der Waals surface area contributed by atoms with Crippen molar-refractivity contribution in [2.45, 2.75) is 58.9 Å². The molecular formula is C17H30N6. The lowest BCUT2D eigenvalue weighted by molar-refractivity contribution is 0.131. The molecule has 2 heterocycles. The molecule has 1 atom stereocenters. The third-order valence-electron chi connectivity index (χ3n) is 5.81. The van der Waals surface area contributed by atoms with Crippen LogP contribution in [0.5, 0.6) is 0 Å². The highest BCUT2D eigenvalue weighted by Gasteiger charge is 2.35. The molecule has 1 saturated carbocycles. The molecule has 128 valence electrons. The molecular weight excluding hydrogens is 288 g/mol. The Kier molecular flexibility index (Phi) is 4.87. The molecule has 0 bridgehead atoms. The summed E-state index contributed by atoms with van der Waals surface area (Å²) >= 11 is 0. The van der Waals surface area contributed by atoms with Gasteiger partial charge in [0.15, 0.2) is 5.96 Å². The number of hydrogen-bond donors (Lipinski definition) is 2. The average Bonchev–Trinajstić information content (AvgIpc) is 2.90. The van der Waals surface area contributed by atoms with E-state index in [1.54, 1.807) is 0 Å². The minimum absolute atomic E-state index is 0.511. The fourth-order valence-corrected chi connectivity index (χ4v) is 3.76. The number of aliphatic imine (C=N–C) groups is 1. The van der Waals surface area contributed by atoms with E-state index in [1.165, 1.54) is 32.1 Å².